The number of pyridine rings is 3. The third-order valence-electron chi connectivity index (χ3n) is 8.69. The molecule has 4 heterocycles. The molecule has 210 valence electrons. The van der Waals surface area contributed by atoms with Gasteiger partial charge in [0.25, 0.3) is 0 Å². The average molecular weight is 575 g/mol. The van der Waals surface area contributed by atoms with Gasteiger partial charge in [-0.1, -0.05) is 103 Å². The first kappa shape index (κ1) is 25.4. The van der Waals surface area contributed by atoms with E-state index in [2.05, 4.69) is 131 Å². The second-order valence-electron chi connectivity index (χ2n) is 11.3. The molecule has 0 aliphatic rings. The highest BCUT2D eigenvalue weighted by Crippen LogP contribution is 2.37. The fourth-order valence-electron chi connectivity index (χ4n) is 6.63. The number of hydrogen-bond donors (Lipinski definition) is 0. The molecule has 0 bridgehead atoms. The SMILES string of the molecule is c1cc(-c2ccc(-c3c4ccccc4cc4ccccc34)cc2)nc(-c2cccc(-n3c4ccccc4c4ccncc43)n2)c1. The molecule has 9 aromatic rings. The molecular weight excluding hydrogens is 548 g/mol. The molecule has 0 N–H and O–H groups in total. The maximum atomic E-state index is 5.10. The van der Waals surface area contributed by atoms with Gasteiger partial charge in [-0.3, -0.25) is 9.55 Å². The van der Waals surface area contributed by atoms with Crippen LogP contribution in [-0.4, -0.2) is 19.5 Å². The molecule has 4 heteroatoms. The monoisotopic (exact) mass is 574 g/mol. The Bertz CT molecular complexity index is 2440. The number of rotatable bonds is 4. The molecule has 0 atom stereocenters. The summed E-state index contributed by atoms with van der Waals surface area (Å²) in [5, 5.41) is 7.35. The van der Waals surface area contributed by atoms with Crippen LogP contribution >= 0.6 is 0 Å². The van der Waals surface area contributed by atoms with Crippen molar-refractivity contribution < 1.29 is 0 Å². The van der Waals surface area contributed by atoms with Gasteiger partial charge in [0.1, 0.15) is 5.82 Å². The molecule has 4 nitrogen and oxygen atoms in total. The van der Waals surface area contributed by atoms with E-state index in [1.54, 1.807) is 0 Å². The van der Waals surface area contributed by atoms with Crippen LogP contribution in [0.3, 0.4) is 0 Å². The highest BCUT2D eigenvalue weighted by molar-refractivity contribution is 6.12. The molecule has 45 heavy (non-hydrogen) atoms. The standard InChI is InChI=1S/C41H26N4/c1-3-11-31-29(9-1)25-30-10-2-4-12-32(30)41(31)28-21-19-27(20-22-28)35-14-7-15-36(43-35)37-16-8-18-40(44-37)45-38-17-6-5-13-33(38)34-23-24-42-26-39(34)45/h1-26H. The average Bonchev–Trinajstić information content (AvgIpc) is 3.45. The van der Waals surface area contributed by atoms with Gasteiger partial charge >= 0.3 is 0 Å². The first-order valence-electron chi connectivity index (χ1n) is 15.1. The summed E-state index contributed by atoms with van der Waals surface area (Å²) in [7, 11) is 0. The Kier molecular flexibility index (Phi) is 5.78. The summed E-state index contributed by atoms with van der Waals surface area (Å²) in [6, 6.07) is 51.1. The van der Waals surface area contributed by atoms with Crippen LogP contribution in [0.4, 0.5) is 0 Å². The maximum absolute atomic E-state index is 5.10. The van der Waals surface area contributed by atoms with Gasteiger partial charge in [0, 0.05) is 22.5 Å². The quantitative estimate of drug-likeness (QED) is 0.196. The summed E-state index contributed by atoms with van der Waals surface area (Å²) in [4.78, 5) is 14.6. The van der Waals surface area contributed by atoms with Gasteiger partial charge in [0.05, 0.1) is 34.3 Å². The minimum atomic E-state index is 0.822. The first-order chi connectivity index (χ1) is 22.3. The Labute approximate surface area is 259 Å². The number of aromatic nitrogens is 4. The van der Waals surface area contributed by atoms with Gasteiger partial charge in [0.2, 0.25) is 0 Å². The van der Waals surface area contributed by atoms with Crippen molar-refractivity contribution in [3.63, 3.8) is 0 Å². The molecule has 9 rings (SSSR count). The van der Waals surface area contributed by atoms with Gasteiger partial charge in [-0.2, -0.15) is 0 Å². The fourth-order valence-corrected chi connectivity index (χ4v) is 6.63. The van der Waals surface area contributed by atoms with E-state index in [1.807, 2.05) is 36.7 Å². The molecule has 4 aromatic heterocycles. The molecule has 0 saturated heterocycles. The lowest BCUT2D eigenvalue weighted by Gasteiger charge is -2.13. The zero-order valence-electron chi connectivity index (χ0n) is 24.3. The summed E-state index contributed by atoms with van der Waals surface area (Å²) in [6.45, 7) is 0. The van der Waals surface area contributed by atoms with E-state index >= 15 is 0 Å². The topological polar surface area (TPSA) is 43.6 Å². The second-order valence-corrected chi connectivity index (χ2v) is 11.3. The van der Waals surface area contributed by atoms with E-state index in [0.29, 0.717) is 0 Å². The van der Waals surface area contributed by atoms with Crippen LogP contribution in [0.15, 0.2) is 158 Å². The van der Waals surface area contributed by atoms with Crippen LogP contribution in [0.1, 0.15) is 0 Å². The van der Waals surface area contributed by atoms with Crippen LogP contribution in [0.2, 0.25) is 0 Å². The minimum absolute atomic E-state index is 0.822. The molecule has 5 aromatic carbocycles. The Morgan fingerprint density at radius 2 is 1.02 bits per heavy atom. The summed E-state index contributed by atoms with van der Waals surface area (Å²) in [5.41, 5.74) is 8.22. The van der Waals surface area contributed by atoms with Crippen molar-refractivity contribution in [2.45, 2.75) is 0 Å². The maximum Gasteiger partial charge on any atom is 0.138 e. The zero-order valence-corrected chi connectivity index (χ0v) is 24.3. The van der Waals surface area contributed by atoms with E-state index in [9.17, 15) is 0 Å². The Morgan fingerprint density at radius 3 is 1.80 bits per heavy atom. The minimum Gasteiger partial charge on any atom is -0.292 e. The molecule has 0 unspecified atom stereocenters. The van der Waals surface area contributed by atoms with Crippen LogP contribution in [0.5, 0.6) is 0 Å². The molecule has 0 saturated carbocycles. The summed E-state index contributed by atoms with van der Waals surface area (Å²) < 4.78 is 2.18. The Morgan fingerprint density at radius 1 is 0.422 bits per heavy atom. The van der Waals surface area contributed by atoms with E-state index in [0.717, 1.165) is 44.9 Å². The normalized spacial score (nSPS) is 11.6. The Hall–Kier alpha value is -6.13. The smallest absolute Gasteiger partial charge is 0.138 e. The van der Waals surface area contributed by atoms with Crippen molar-refractivity contribution >= 4 is 43.4 Å². The predicted molar refractivity (Wildman–Crippen MR) is 185 cm³/mol. The van der Waals surface area contributed by atoms with Crippen LogP contribution in [-0.2, 0) is 0 Å². The molecule has 0 aliphatic carbocycles. The first-order valence-corrected chi connectivity index (χ1v) is 15.1. The molecule has 0 amide bonds. The predicted octanol–water partition coefficient (Wildman–Crippen LogP) is 10.3. The number of fused-ring (bicyclic) bond motifs is 5. The van der Waals surface area contributed by atoms with Gasteiger partial charge in [-0.15, -0.1) is 0 Å². The highest BCUT2D eigenvalue weighted by Gasteiger charge is 2.15. The van der Waals surface area contributed by atoms with Crippen LogP contribution in [0.25, 0.3) is 82.9 Å². The fraction of sp³-hybridized carbons (Fsp3) is 0. The van der Waals surface area contributed by atoms with Crippen molar-refractivity contribution in [1.82, 2.24) is 19.5 Å². The van der Waals surface area contributed by atoms with Crippen molar-refractivity contribution in [2.24, 2.45) is 0 Å². The summed E-state index contributed by atoms with van der Waals surface area (Å²) in [6.07, 6.45) is 3.75. The number of nitrogens with zero attached hydrogens (tertiary/aromatic N) is 4. The molecule has 0 aliphatic heterocycles. The summed E-state index contributed by atoms with van der Waals surface area (Å²) in [5.74, 6) is 0.838. The molecule has 0 spiro atoms. The lowest BCUT2D eigenvalue weighted by atomic mass is 9.91. The van der Waals surface area contributed by atoms with E-state index in [-0.39, 0.29) is 0 Å². The van der Waals surface area contributed by atoms with Gasteiger partial charge in [-0.25, -0.2) is 9.97 Å². The zero-order chi connectivity index (χ0) is 29.7. The van der Waals surface area contributed by atoms with Crippen LogP contribution in [0, 0.1) is 0 Å². The third kappa shape index (κ3) is 4.19. The van der Waals surface area contributed by atoms with Crippen molar-refractivity contribution in [3.05, 3.63) is 158 Å². The number of para-hydroxylation sites is 1. The van der Waals surface area contributed by atoms with Crippen molar-refractivity contribution in [3.8, 4) is 39.6 Å². The lowest BCUT2D eigenvalue weighted by Crippen LogP contribution is -1.99. The van der Waals surface area contributed by atoms with Crippen molar-refractivity contribution in [1.29, 1.82) is 0 Å². The van der Waals surface area contributed by atoms with Gasteiger partial charge < -0.3 is 0 Å². The van der Waals surface area contributed by atoms with E-state index in [1.165, 1.54) is 38.1 Å². The Balaban J connectivity index is 1.11. The lowest BCUT2D eigenvalue weighted by molar-refractivity contribution is 1.07. The van der Waals surface area contributed by atoms with Gasteiger partial charge in [0.15, 0.2) is 0 Å². The van der Waals surface area contributed by atoms with Crippen molar-refractivity contribution in [2.75, 3.05) is 0 Å². The highest BCUT2D eigenvalue weighted by atomic mass is 15.1. The number of hydrogen-bond acceptors (Lipinski definition) is 3. The van der Waals surface area contributed by atoms with E-state index in [4.69, 9.17) is 9.97 Å². The largest absolute Gasteiger partial charge is 0.292 e. The van der Waals surface area contributed by atoms with E-state index < -0.39 is 0 Å². The molecular formula is C41H26N4. The second kappa shape index (κ2) is 10.2. The molecule has 0 fully saturated rings. The third-order valence-corrected chi connectivity index (χ3v) is 8.69. The number of benzene rings is 5. The summed E-state index contributed by atoms with van der Waals surface area (Å²) >= 11 is 0. The molecule has 0 radical (unpaired) electrons. The van der Waals surface area contributed by atoms with Gasteiger partial charge in [-0.05, 0) is 75.1 Å². The van der Waals surface area contributed by atoms with Crippen LogP contribution < -0.4 is 0 Å².